The highest BCUT2D eigenvalue weighted by Gasteiger charge is 2.40. The summed E-state index contributed by atoms with van der Waals surface area (Å²) in [4.78, 5) is 25.9. The van der Waals surface area contributed by atoms with E-state index < -0.39 is 10.0 Å². The number of anilines is 1. The summed E-state index contributed by atoms with van der Waals surface area (Å²) in [6.45, 7) is 8.65. The average Bonchev–Trinajstić information content (AvgIpc) is 3.92. The number of nitrogens with zero attached hydrogens (tertiary/aromatic N) is 6. The lowest BCUT2D eigenvalue weighted by Crippen LogP contribution is -2.52. The number of piperidine rings is 1. The number of fused-ring (bicyclic) bond motifs is 2. The highest BCUT2D eigenvalue weighted by molar-refractivity contribution is 7.92. The van der Waals surface area contributed by atoms with Gasteiger partial charge in [-0.15, -0.1) is 0 Å². The first-order valence-corrected chi connectivity index (χ1v) is 18.4. The van der Waals surface area contributed by atoms with Crippen molar-refractivity contribution in [1.29, 1.82) is 0 Å². The predicted molar refractivity (Wildman–Crippen MR) is 181 cm³/mol. The smallest absolute Gasteiger partial charge is 0.254 e. The minimum atomic E-state index is -3.48. The minimum Gasteiger partial charge on any atom is -0.494 e. The van der Waals surface area contributed by atoms with E-state index in [0.29, 0.717) is 41.7 Å². The Morgan fingerprint density at radius 3 is 2.54 bits per heavy atom. The SMILES string of the molecule is CCN(c1ccc2cc(-c3nc4cc(C(=O)N5CCC[C@@H](N)[C@H]5C)cc(OC)c4n3CC3(C)CC3)n(CC3CC3)c2n1)S(C)(=O)=O. The van der Waals surface area contributed by atoms with Crippen LogP contribution in [0.25, 0.3) is 33.6 Å². The van der Waals surface area contributed by atoms with E-state index in [0.717, 1.165) is 79.7 Å². The Kier molecular flexibility index (Phi) is 7.58. The molecule has 0 unspecified atom stereocenters. The number of rotatable bonds is 10. The number of ether oxygens (including phenoxy) is 1. The van der Waals surface area contributed by atoms with Gasteiger partial charge in [0, 0.05) is 49.2 Å². The number of hydrogen-bond donors (Lipinski definition) is 1. The van der Waals surface area contributed by atoms with Crippen molar-refractivity contribution in [2.75, 3.05) is 30.8 Å². The third-order valence-electron chi connectivity index (χ3n) is 10.3. The minimum absolute atomic E-state index is 0.0437. The second kappa shape index (κ2) is 11.3. The van der Waals surface area contributed by atoms with Crippen LogP contribution in [0.3, 0.4) is 0 Å². The molecular formula is C34H45N7O4S. The quantitative estimate of drug-likeness (QED) is 0.256. The van der Waals surface area contributed by atoms with Crippen molar-refractivity contribution in [3.05, 3.63) is 35.9 Å². The van der Waals surface area contributed by atoms with Crippen LogP contribution >= 0.6 is 0 Å². The molecule has 12 heteroatoms. The summed E-state index contributed by atoms with van der Waals surface area (Å²) in [6.07, 6.45) is 7.57. The molecule has 0 bridgehead atoms. The zero-order valence-corrected chi connectivity index (χ0v) is 28.3. The number of carbonyl (C=O) groups is 1. The van der Waals surface area contributed by atoms with Crippen molar-refractivity contribution in [3.8, 4) is 17.3 Å². The fourth-order valence-corrected chi connectivity index (χ4v) is 7.90. The zero-order chi connectivity index (χ0) is 32.5. The molecule has 0 radical (unpaired) electrons. The number of imidazole rings is 1. The van der Waals surface area contributed by atoms with Crippen LogP contribution in [0.5, 0.6) is 5.75 Å². The van der Waals surface area contributed by atoms with Gasteiger partial charge in [-0.3, -0.25) is 9.10 Å². The normalized spacial score (nSPS) is 21.2. The largest absolute Gasteiger partial charge is 0.494 e. The van der Waals surface area contributed by atoms with E-state index in [9.17, 15) is 13.2 Å². The van der Waals surface area contributed by atoms with Crippen molar-refractivity contribution < 1.29 is 17.9 Å². The lowest BCUT2D eigenvalue weighted by Gasteiger charge is -2.37. The molecule has 2 N–H and O–H groups in total. The molecule has 46 heavy (non-hydrogen) atoms. The monoisotopic (exact) mass is 647 g/mol. The van der Waals surface area contributed by atoms with Crippen molar-refractivity contribution in [2.45, 2.75) is 84.5 Å². The molecule has 7 rings (SSSR count). The Morgan fingerprint density at radius 1 is 1.13 bits per heavy atom. The lowest BCUT2D eigenvalue weighted by atomic mass is 9.97. The molecule has 4 aromatic rings. The molecular weight excluding hydrogens is 602 g/mol. The number of carbonyl (C=O) groups excluding carboxylic acids is 1. The van der Waals surface area contributed by atoms with E-state index in [1.54, 1.807) is 13.2 Å². The summed E-state index contributed by atoms with van der Waals surface area (Å²) in [5, 5.41) is 0.929. The zero-order valence-electron chi connectivity index (χ0n) is 27.5. The summed E-state index contributed by atoms with van der Waals surface area (Å²) < 4.78 is 37.0. The number of sulfonamides is 1. The van der Waals surface area contributed by atoms with Crippen molar-refractivity contribution in [3.63, 3.8) is 0 Å². The van der Waals surface area contributed by atoms with Crippen LogP contribution in [0.15, 0.2) is 30.3 Å². The second-order valence-corrected chi connectivity index (χ2v) is 15.9. The van der Waals surface area contributed by atoms with Crippen LogP contribution < -0.4 is 14.8 Å². The Morgan fingerprint density at radius 2 is 1.89 bits per heavy atom. The molecule has 2 aliphatic carbocycles. The molecule has 3 aromatic heterocycles. The first kappa shape index (κ1) is 31.0. The van der Waals surface area contributed by atoms with Crippen LogP contribution in [-0.2, 0) is 23.1 Å². The van der Waals surface area contributed by atoms with Gasteiger partial charge in [0.2, 0.25) is 10.0 Å². The number of benzene rings is 1. The maximum Gasteiger partial charge on any atom is 0.254 e. The summed E-state index contributed by atoms with van der Waals surface area (Å²) in [5.41, 5.74) is 10.3. The Labute approximate surface area is 270 Å². The van der Waals surface area contributed by atoms with Gasteiger partial charge >= 0.3 is 0 Å². The second-order valence-electron chi connectivity index (χ2n) is 14.0. The van der Waals surface area contributed by atoms with Crippen molar-refractivity contribution >= 4 is 43.8 Å². The summed E-state index contributed by atoms with van der Waals surface area (Å²) >= 11 is 0. The van der Waals surface area contributed by atoms with E-state index in [2.05, 4.69) is 22.1 Å². The van der Waals surface area contributed by atoms with Gasteiger partial charge in [-0.25, -0.2) is 18.4 Å². The molecule has 1 aliphatic heterocycles. The van der Waals surface area contributed by atoms with Crippen LogP contribution in [-0.4, -0.2) is 76.9 Å². The topological polar surface area (TPSA) is 129 Å². The number of aromatic nitrogens is 4. The van der Waals surface area contributed by atoms with Crippen molar-refractivity contribution in [2.24, 2.45) is 17.1 Å². The molecule has 1 amide bonds. The van der Waals surface area contributed by atoms with E-state index in [1.165, 1.54) is 10.6 Å². The Balaban J connectivity index is 1.41. The molecule has 2 atom stereocenters. The summed E-state index contributed by atoms with van der Waals surface area (Å²) in [5.74, 6) is 2.31. The van der Waals surface area contributed by atoms with Gasteiger partial charge in [0.15, 0.2) is 5.82 Å². The van der Waals surface area contributed by atoms with E-state index in [4.69, 9.17) is 20.4 Å². The highest BCUT2D eigenvalue weighted by atomic mass is 32.2. The van der Waals surface area contributed by atoms with E-state index >= 15 is 0 Å². The number of methoxy groups -OCH3 is 1. The van der Waals surface area contributed by atoms with Crippen LogP contribution in [0.4, 0.5) is 5.82 Å². The van der Waals surface area contributed by atoms with Gasteiger partial charge in [0.25, 0.3) is 5.91 Å². The number of nitrogens with two attached hydrogens (primary N) is 1. The average molecular weight is 648 g/mol. The maximum atomic E-state index is 13.9. The molecule has 246 valence electrons. The van der Waals surface area contributed by atoms with Gasteiger partial charge < -0.3 is 24.5 Å². The molecule has 1 saturated heterocycles. The lowest BCUT2D eigenvalue weighted by molar-refractivity contribution is 0.0604. The predicted octanol–water partition coefficient (Wildman–Crippen LogP) is 5.01. The van der Waals surface area contributed by atoms with Crippen LogP contribution in [0.1, 0.15) is 69.7 Å². The Bertz CT molecular complexity index is 1940. The fraction of sp³-hybridized carbons (Fsp3) is 0.559. The third-order valence-corrected chi connectivity index (χ3v) is 11.5. The molecule has 0 spiro atoms. The number of likely N-dealkylation sites (tertiary alicyclic amines) is 1. The van der Waals surface area contributed by atoms with Gasteiger partial charge in [-0.2, -0.15) is 0 Å². The first-order valence-electron chi connectivity index (χ1n) is 16.5. The summed E-state index contributed by atoms with van der Waals surface area (Å²) in [7, 11) is -1.84. The van der Waals surface area contributed by atoms with Gasteiger partial charge in [0.05, 0.1) is 24.6 Å². The van der Waals surface area contributed by atoms with Gasteiger partial charge in [-0.05, 0) is 94.0 Å². The van der Waals surface area contributed by atoms with Gasteiger partial charge in [-0.1, -0.05) is 6.92 Å². The maximum absolute atomic E-state index is 13.9. The Hall–Kier alpha value is -3.64. The molecule has 4 heterocycles. The van der Waals surface area contributed by atoms with Crippen LogP contribution in [0.2, 0.25) is 0 Å². The first-order chi connectivity index (χ1) is 21.9. The van der Waals surface area contributed by atoms with E-state index in [1.807, 2.05) is 36.9 Å². The number of pyridine rings is 1. The molecule has 3 fully saturated rings. The third kappa shape index (κ3) is 5.53. The highest BCUT2D eigenvalue weighted by Crippen LogP contribution is 2.49. The van der Waals surface area contributed by atoms with Gasteiger partial charge in [0.1, 0.15) is 22.7 Å². The summed E-state index contributed by atoms with van der Waals surface area (Å²) in [6, 6.07) is 9.51. The van der Waals surface area contributed by atoms with Crippen LogP contribution in [0, 0.1) is 11.3 Å². The molecule has 11 nitrogen and oxygen atoms in total. The number of hydrogen-bond acceptors (Lipinski definition) is 7. The molecule has 3 aliphatic rings. The van der Waals surface area contributed by atoms with E-state index in [-0.39, 0.29) is 23.4 Å². The standard InChI is InChI=1S/C34H45N7O4S/c1-6-41(46(5,43)44)29-12-11-23-17-27(39(31(23)37-29)19-22-9-10-22)32-36-26-16-24(33(42)38-15-7-8-25(35)21(38)2)18-28(45-4)30(26)40(32)20-34(3)13-14-34/h11-12,16-18,21-22,25H,6-10,13-15,19-20,35H2,1-5H3/t21-,25-/m1/s1. The fourth-order valence-electron chi connectivity index (χ4n) is 6.99. The van der Waals surface area contributed by atoms with Crippen molar-refractivity contribution in [1.82, 2.24) is 24.0 Å². The molecule has 2 saturated carbocycles. The number of amides is 1. The molecule has 1 aromatic carbocycles.